The lowest BCUT2D eigenvalue weighted by atomic mass is 10.1. The molecule has 0 radical (unpaired) electrons. The topological polar surface area (TPSA) is 32.5 Å². The van der Waals surface area contributed by atoms with Crippen molar-refractivity contribution in [2.75, 3.05) is 40.3 Å². The third-order valence-corrected chi connectivity index (χ3v) is 2.98. The van der Waals surface area contributed by atoms with E-state index in [1.165, 1.54) is 38.9 Å². The average Bonchev–Trinajstić information content (AvgIpc) is 2.25. The van der Waals surface area contributed by atoms with Crippen molar-refractivity contribution in [2.45, 2.75) is 45.6 Å². The van der Waals surface area contributed by atoms with Crippen LogP contribution in [-0.4, -0.2) is 56.1 Å². The Hall–Kier alpha value is -0.120. The van der Waals surface area contributed by atoms with Gasteiger partial charge in [0.25, 0.3) is 0 Å². The van der Waals surface area contributed by atoms with Crippen LogP contribution >= 0.6 is 0 Å². The molecule has 0 heterocycles. The molecule has 0 saturated heterocycles. The maximum absolute atomic E-state index is 5.93. The Morgan fingerprint density at radius 3 is 2.19 bits per heavy atom. The van der Waals surface area contributed by atoms with Gasteiger partial charge in [-0.25, -0.2) is 0 Å². The zero-order valence-corrected chi connectivity index (χ0v) is 11.7. The summed E-state index contributed by atoms with van der Waals surface area (Å²) >= 11 is 0. The van der Waals surface area contributed by atoms with Crippen molar-refractivity contribution in [2.24, 2.45) is 5.73 Å². The zero-order chi connectivity index (χ0) is 12.4. The van der Waals surface area contributed by atoms with Gasteiger partial charge in [0.15, 0.2) is 0 Å². The molecule has 98 valence electrons. The smallest absolute Gasteiger partial charge is 0.0109 e. The second kappa shape index (κ2) is 10.1. The summed E-state index contributed by atoms with van der Waals surface area (Å²) in [4.78, 5) is 4.81. The first kappa shape index (κ1) is 15.9. The van der Waals surface area contributed by atoms with Crippen molar-refractivity contribution in [3.05, 3.63) is 0 Å². The van der Waals surface area contributed by atoms with Crippen molar-refractivity contribution in [3.63, 3.8) is 0 Å². The van der Waals surface area contributed by atoms with E-state index in [-0.39, 0.29) is 0 Å². The minimum absolute atomic E-state index is 0.400. The van der Waals surface area contributed by atoms with Crippen molar-refractivity contribution in [1.82, 2.24) is 9.80 Å². The van der Waals surface area contributed by atoms with Crippen LogP contribution in [0.2, 0.25) is 0 Å². The van der Waals surface area contributed by atoms with Gasteiger partial charge in [0.05, 0.1) is 0 Å². The molecule has 0 fully saturated rings. The van der Waals surface area contributed by atoms with E-state index in [1.807, 2.05) is 0 Å². The molecule has 0 aliphatic heterocycles. The van der Waals surface area contributed by atoms with Gasteiger partial charge in [0.2, 0.25) is 0 Å². The molecule has 0 spiro atoms. The van der Waals surface area contributed by atoms with Gasteiger partial charge >= 0.3 is 0 Å². The molecule has 0 aromatic carbocycles. The van der Waals surface area contributed by atoms with E-state index in [4.69, 9.17) is 5.73 Å². The molecule has 0 aliphatic carbocycles. The SMILES string of the molecule is CCCN(CCCC(N)CC)CCN(C)C. The van der Waals surface area contributed by atoms with Gasteiger partial charge in [-0.3, -0.25) is 0 Å². The summed E-state index contributed by atoms with van der Waals surface area (Å²) in [6.45, 7) is 9.17. The maximum atomic E-state index is 5.93. The largest absolute Gasteiger partial charge is 0.328 e. The number of nitrogens with zero attached hydrogens (tertiary/aromatic N) is 2. The molecule has 0 rings (SSSR count). The zero-order valence-electron chi connectivity index (χ0n) is 11.7. The third kappa shape index (κ3) is 9.13. The molecule has 1 atom stereocenters. The monoisotopic (exact) mass is 229 g/mol. The quantitative estimate of drug-likeness (QED) is 0.620. The Balaban J connectivity index is 3.67. The molecule has 1 unspecified atom stereocenters. The summed E-state index contributed by atoms with van der Waals surface area (Å²) in [6, 6.07) is 0.400. The van der Waals surface area contributed by atoms with E-state index in [0.717, 1.165) is 13.0 Å². The van der Waals surface area contributed by atoms with E-state index >= 15 is 0 Å². The maximum Gasteiger partial charge on any atom is 0.0109 e. The molecule has 3 nitrogen and oxygen atoms in total. The van der Waals surface area contributed by atoms with Crippen LogP contribution in [0.4, 0.5) is 0 Å². The standard InChI is InChI=1S/C13H31N3/c1-5-9-16(12-11-15(3)4)10-7-8-13(14)6-2/h13H,5-12,14H2,1-4H3. The Morgan fingerprint density at radius 2 is 1.69 bits per heavy atom. The van der Waals surface area contributed by atoms with Crippen LogP contribution in [0.25, 0.3) is 0 Å². The Kier molecular flexibility index (Phi) is 9.99. The summed E-state index contributed by atoms with van der Waals surface area (Å²) in [6.07, 6.45) is 4.75. The molecule has 0 aliphatic rings. The normalized spacial score (nSPS) is 13.7. The van der Waals surface area contributed by atoms with Crippen LogP contribution < -0.4 is 5.73 Å². The van der Waals surface area contributed by atoms with E-state index in [9.17, 15) is 0 Å². The predicted molar refractivity (Wildman–Crippen MR) is 72.8 cm³/mol. The molecule has 2 N–H and O–H groups in total. The highest BCUT2D eigenvalue weighted by Gasteiger charge is 2.05. The van der Waals surface area contributed by atoms with E-state index in [0.29, 0.717) is 6.04 Å². The predicted octanol–water partition coefficient (Wildman–Crippen LogP) is 1.78. The van der Waals surface area contributed by atoms with Gasteiger partial charge in [0, 0.05) is 19.1 Å². The van der Waals surface area contributed by atoms with Crippen molar-refractivity contribution < 1.29 is 0 Å². The molecule has 0 bridgehead atoms. The van der Waals surface area contributed by atoms with Crippen LogP contribution in [0, 0.1) is 0 Å². The van der Waals surface area contributed by atoms with Crippen LogP contribution in [0.1, 0.15) is 39.5 Å². The first-order valence-corrected chi connectivity index (χ1v) is 6.72. The van der Waals surface area contributed by atoms with Crippen molar-refractivity contribution in [1.29, 1.82) is 0 Å². The molecule has 0 aromatic rings. The Morgan fingerprint density at radius 1 is 1.00 bits per heavy atom. The highest BCUT2D eigenvalue weighted by Crippen LogP contribution is 2.02. The summed E-state index contributed by atoms with van der Waals surface area (Å²) < 4.78 is 0. The highest BCUT2D eigenvalue weighted by atomic mass is 15.2. The highest BCUT2D eigenvalue weighted by molar-refractivity contribution is 4.63. The van der Waals surface area contributed by atoms with E-state index in [2.05, 4.69) is 37.7 Å². The lowest BCUT2D eigenvalue weighted by Crippen LogP contribution is -2.33. The second-order valence-electron chi connectivity index (χ2n) is 4.96. The minimum Gasteiger partial charge on any atom is -0.328 e. The van der Waals surface area contributed by atoms with Crippen LogP contribution in [-0.2, 0) is 0 Å². The van der Waals surface area contributed by atoms with Gasteiger partial charge in [-0.2, -0.15) is 0 Å². The molecule has 16 heavy (non-hydrogen) atoms. The van der Waals surface area contributed by atoms with Gasteiger partial charge in [-0.1, -0.05) is 13.8 Å². The van der Waals surface area contributed by atoms with E-state index in [1.54, 1.807) is 0 Å². The minimum atomic E-state index is 0.400. The number of hydrogen-bond donors (Lipinski definition) is 1. The number of hydrogen-bond acceptors (Lipinski definition) is 3. The molecule has 3 heteroatoms. The lowest BCUT2D eigenvalue weighted by Gasteiger charge is -2.24. The summed E-state index contributed by atoms with van der Waals surface area (Å²) in [5, 5.41) is 0. The summed E-state index contributed by atoms with van der Waals surface area (Å²) in [7, 11) is 4.27. The van der Waals surface area contributed by atoms with E-state index < -0.39 is 0 Å². The fourth-order valence-electron chi connectivity index (χ4n) is 1.77. The molecular formula is C13H31N3. The van der Waals surface area contributed by atoms with Gasteiger partial charge in [0.1, 0.15) is 0 Å². The van der Waals surface area contributed by atoms with Gasteiger partial charge in [-0.15, -0.1) is 0 Å². The fraction of sp³-hybridized carbons (Fsp3) is 1.00. The van der Waals surface area contributed by atoms with Crippen LogP contribution in [0.3, 0.4) is 0 Å². The first-order chi connectivity index (χ1) is 7.60. The van der Waals surface area contributed by atoms with Crippen LogP contribution in [0.5, 0.6) is 0 Å². The molecule has 0 aromatic heterocycles. The molecule has 0 amide bonds. The number of nitrogens with two attached hydrogens (primary N) is 1. The van der Waals surface area contributed by atoms with Crippen molar-refractivity contribution >= 4 is 0 Å². The number of likely N-dealkylation sites (N-methyl/N-ethyl adjacent to an activating group) is 1. The summed E-state index contributed by atoms with van der Waals surface area (Å²) in [5.41, 5.74) is 5.93. The second-order valence-corrected chi connectivity index (χ2v) is 4.96. The van der Waals surface area contributed by atoms with Crippen molar-refractivity contribution in [3.8, 4) is 0 Å². The fourth-order valence-corrected chi connectivity index (χ4v) is 1.77. The Bertz CT molecular complexity index is 148. The summed E-state index contributed by atoms with van der Waals surface area (Å²) in [5.74, 6) is 0. The molecular weight excluding hydrogens is 198 g/mol. The van der Waals surface area contributed by atoms with Gasteiger partial charge in [-0.05, 0) is 52.9 Å². The van der Waals surface area contributed by atoms with Crippen LogP contribution in [0.15, 0.2) is 0 Å². The lowest BCUT2D eigenvalue weighted by molar-refractivity contribution is 0.235. The molecule has 0 saturated carbocycles. The first-order valence-electron chi connectivity index (χ1n) is 6.72. The van der Waals surface area contributed by atoms with Gasteiger partial charge < -0.3 is 15.5 Å². The third-order valence-electron chi connectivity index (χ3n) is 2.98. The average molecular weight is 229 g/mol. The number of rotatable bonds is 10. The Labute approximate surface area is 102 Å².